The van der Waals surface area contributed by atoms with Gasteiger partial charge in [0.1, 0.15) is 0 Å². The first-order valence-electron chi connectivity index (χ1n) is 7.25. The third kappa shape index (κ3) is 7.74. The highest BCUT2D eigenvalue weighted by molar-refractivity contribution is 4.80. The molecule has 0 heterocycles. The zero-order valence-corrected chi connectivity index (χ0v) is 11.5. The molecular weight excluding hydrogens is 214 g/mol. The molecule has 2 N–H and O–H groups in total. The molecule has 0 aromatic carbocycles. The Kier molecular flexibility index (Phi) is 7.82. The average molecular weight is 243 g/mol. The lowest BCUT2D eigenvalue weighted by atomic mass is 10.1. The lowest BCUT2D eigenvalue weighted by Crippen LogP contribution is -2.37. The fraction of sp³-hybridized carbons (Fsp3) is 1.00. The SMILES string of the molecule is CCCCOCC(O)CNC(CC)CC1CC1. The van der Waals surface area contributed by atoms with Gasteiger partial charge < -0.3 is 15.2 Å². The second-order valence-electron chi connectivity index (χ2n) is 5.27. The number of aliphatic hydroxyl groups is 1. The van der Waals surface area contributed by atoms with Crippen LogP contribution in [0.3, 0.4) is 0 Å². The standard InChI is InChI=1S/C14H29NO2/c1-3-5-8-17-11-14(16)10-15-13(4-2)9-12-6-7-12/h12-16H,3-11H2,1-2H3. The average Bonchev–Trinajstić information content (AvgIpc) is 3.14. The van der Waals surface area contributed by atoms with E-state index in [-0.39, 0.29) is 6.10 Å². The van der Waals surface area contributed by atoms with Gasteiger partial charge in [0.15, 0.2) is 0 Å². The largest absolute Gasteiger partial charge is 0.389 e. The molecule has 1 fully saturated rings. The van der Waals surface area contributed by atoms with Crippen LogP contribution < -0.4 is 5.32 Å². The van der Waals surface area contributed by atoms with Gasteiger partial charge in [0.25, 0.3) is 0 Å². The minimum Gasteiger partial charge on any atom is -0.389 e. The smallest absolute Gasteiger partial charge is 0.0897 e. The molecule has 0 aromatic heterocycles. The van der Waals surface area contributed by atoms with Crippen molar-refractivity contribution in [3.05, 3.63) is 0 Å². The zero-order valence-electron chi connectivity index (χ0n) is 11.5. The molecule has 3 heteroatoms. The summed E-state index contributed by atoms with van der Waals surface area (Å²) in [6, 6.07) is 0.577. The molecule has 0 spiro atoms. The highest BCUT2D eigenvalue weighted by Gasteiger charge is 2.24. The second-order valence-corrected chi connectivity index (χ2v) is 5.27. The first-order chi connectivity index (χ1) is 8.26. The summed E-state index contributed by atoms with van der Waals surface area (Å²) in [6.45, 7) is 6.26. The summed E-state index contributed by atoms with van der Waals surface area (Å²) in [5.41, 5.74) is 0. The van der Waals surface area contributed by atoms with Crippen molar-refractivity contribution >= 4 is 0 Å². The van der Waals surface area contributed by atoms with Gasteiger partial charge in [-0.15, -0.1) is 0 Å². The predicted octanol–water partition coefficient (Wildman–Crippen LogP) is 2.33. The second kappa shape index (κ2) is 8.90. The van der Waals surface area contributed by atoms with Crippen molar-refractivity contribution in [1.82, 2.24) is 5.32 Å². The van der Waals surface area contributed by atoms with E-state index in [0.29, 0.717) is 19.2 Å². The van der Waals surface area contributed by atoms with E-state index < -0.39 is 0 Å². The van der Waals surface area contributed by atoms with Crippen molar-refractivity contribution in [2.45, 2.75) is 64.5 Å². The summed E-state index contributed by atoms with van der Waals surface area (Å²) in [5, 5.41) is 13.2. The Morgan fingerprint density at radius 2 is 2.12 bits per heavy atom. The molecule has 0 radical (unpaired) electrons. The van der Waals surface area contributed by atoms with Gasteiger partial charge in [-0.25, -0.2) is 0 Å². The van der Waals surface area contributed by atoms with Crippen molar-refractivity contribution < 1.29 is 9.84 Å². The zero-order chi connectivity index (χ0) is 12.5. The van der Waals surface area contributed by atoms with Gasteiger partial charge in [0.05, 0.1) is 12.7 Å². The molecule has 0 bridgehead atoms. The molecule has 1 aliphatic carbocycles. The molecule has 102 valence electrons. The highest BCUT2D eigenvalue weighted by Crippen LogP contribution is 2.33. The van der Waals surface area contributed by atoms with E-state index in [9.17, 15) is 5.11 Å². The van der Waals surface area contributed by atoms with Crippen molar-refractivity contribution in [3.8, 4) is 0 Å². The summed E-state index contributed by atoms with van der Waals surface area (Å²) in [6.07, 6.45) is 7.11. The molecule has 1 rings (SSSR count). The van der Waals surface area contributed by atoms with Crippen molar-refractivity contribution in [1.29, 1.82) is 0 Å². The van der Waals surface area contributed by atoms with E-state index in [1.807, 2.05) is 0 Å². The van der Waals surface area contributed by atoms with Crippen molar-refractivity contribution in [2.75, 3.05) is 19.8 Å². The lowest BCUT2D eigenvalue weighted by molar-refractivity contribution is 0.0343. The van der Waals surface area contributed by atoms with E-state index in [1.54, 1.807) is 0 Å². The normalized spacial score (nSPS) is 19.2. The fourth-order valence-electron chi connectivity index (χ4n) is 1.98. The predicted molar refractivity (Wildman–Crippen MR) is 71.2 cm³/mol. The maximum atomic E-state index is 9.76. The summed E-state index contributed by atoms with van der Waals surface area (Å²) in [5.74, 6) is 0.949. The van der Waals surface area contributed by atoms with Gasteiger partial charge in [-0.1, -0.05) is 33.1 Å². The summed E-state index contributed by atoms with van der Waals surface area (Å²) in [7, 11) is 0. The van der Waals surface area contributed by atoms with E-state index in [4.69, 9.17) is 4.74 Å². The van der Waals surface area contributed by atoms with Gasteiger partial charge in [0, 0.05) is 19.2 Å². The van der Waals surface area contributed by atoms with Crippen LogP contribution in [-0.4, -0.2) is 37.0 Å². The Bertz CT molecular complexity index is 183. The molecule has 2 atom stereocenters. The van der Waals surface area contributed by atoms with Gasteiger partial charge in [-0.2, -0.15) is 0 Å². The molecule has 0 aliphatic heterocycles. The third-order valence-corrected chi connectivity index (χ3v) is 3.40. The molecular formula is C14H29NO2. The van der Waals surface area contributed by atoms with Crippen LogP contribution in [0.5, 0.6) is 0 Å². The van der Waals surface area contributed by atoms with Crippen LogP contribution in [0.15, 0.2) is 0 Å². The molecule has 1 aliphatic rings. The maximum absolute atomic E-state index is 9.76. The van der Waals surface area contributed by atoms with Crippen LogP contribution in [0.25, 0.3) is 0 Å². The van der Waals surface area contributed by atoms with Gasteiger partial charge in [-0.3, -0.25) is 0 Å². The Morgan fingerprint density at radius 1 is 1.35 bits per heavy atom. The quantitative estimate of drug-likeness (QED) is 0.547. The molecule has 17 heavy (non-hydrogen) atoms. The number of unbranched alkanes of at least 4 members (excludes halogenated alkanes) is 1. The number of rotatable bonds is 11. The van der Waals surface area contributed by atoms with Crippen LogP contribution in [0, 0.1) is 5.92 Å². The number of hydrogen-bond donors (Lipinski definition) is 2. The highest BCUT2D eigenvalue weighted by atomic mass is 16.5. The fourth-order valence-corrected chi connectivity index (χ4v) is 1.98. The van der Waals surface area contributed by atoms with E-state index in [1.165, 1.54) is 19.3 Å². The van der Waals surface area contributed by atoms with Gasteiger partial charge in [0.2, 0.25) is 0 Å². The molecule has 0 amide bonds. The van der Waals surface area contributed by atoms with Crippen molar-refractivity contribution in [2.24, 2.45) is 5.92 Å². The first-order valence-corrected chi connectivity index (χ1v) is 7.25. The van der Waals surface area contributed by atoms with Crippen molar-refractivity contribution in [3.63, 3.8) is 0 Å². The summed E-state index contributed by atoms with van der Waals surface area (Å²) < 4.78 is 5.41. The Morgan fingerprint density at radius 3 is 2.71 bits per heavy atom. The van der Waals surface area contributed by atoms with Crippen LogP contribution in [-0.2, 0) is 4.74 Å². The number of ether oxygens (including phenoxy) is 1. The molecule has 2 unspecified atom stereocenters. The Labute approximate surface area is 106 Å². The summed E-state index contributed by atoms with van der Waals surface area (Å²) in [4.78, 5) is 0. The molecule has 0 aromatic rings. The van der Waals surface area contributed by atoms with Crippen LogP contribution in [0.2, 0.25) is 0 Å². The van der Waals surface area contributed by atoms with E-state index in [0.717, 1.165) is 31.8 Å². The van der Waals surface area contributed by atoms with Crippen LogP contribution in [0.4, 0.5) is 0 Å². The number of nitrogens with one attached hydrogen (secondary N) is 1. The number of hydrogen-bond acceptors (Lipinski definition) is 3. The number of aliphatic hydroxyl groups excluding tert-OH is 1. The molecule has 1 saturated carbocycles. The van der Waals surface area contributed by atoms with Crippen LogP contribution >= 0.6 is 0 Å². The van der Waals surface area contributed by atoms with E-state index >= 15 is 0 Å². The lowest BCUT2D eigenvalue weighted by Gasteiger charge is -2.19. The molecule has 0 saturated heterocycles. The Balaban J connectivity index is 1.98. The van der Waals surface area contributed by atoms with Gasteiger partial charge in [-0.05, 0) is 25.2 Å². The van der Waals surface area contributed by atoms with Crippen LogP contribution in [0.1, 0.15) is 52.4 Å². The minimum atomic E-state index is -0.361. The Hall–Kier alpha value is -0.120. The minimum absolute atomic E-state index is 0.361. The topological polar surface area (TPSA) is 41.5 Å². The third-order valence-electron chi connectivity index (χ3n) is 3.40. The monoisotopic (exact) mass is 243 g/mol. The first kappa shape index (κ1) is 14.9. The van der Waals surface area contributed by atoms with E-state index in [2.05, 4.69) is 19.2 Å². The molecule has 3 nitrogen and oxygen atoms in total. The summed E-state index contributed by atoms with van der Waals surface area (Å²) >= 11 is 0. The maximum Gasteiger partial charge on any atom is 0.0897 e. The van der Waals surface area contributed by atoms with Gasteiger partial charge >= 0.3 is 0 Å².